The molecule has 1 aromatic heterocycles. The van der Waals surface area contributed by atoms with Gasteiger partial charge >= 0.3 is 0 Å². The highest BCUT2D eigenvalue weighted by atomic mass is 35.5. The predicted octanol–water partition coefficient (Wildman–Crippen LogP) is 4.76. The summed E-state index contributed by atoms with van der Waals surface area (Å²) in [7, 11) is 0. The van der Waals surface area contributed by atoms with Crippen LogP contribution in [0.5, 0.6) is 0 Å². The minimum absolute atomic E-state index is 0.161. The van der Waals surface area contributed by atoms with Crippen molar-refractivity contribution in [3.8, 4) is 0 Å². The van der Waals surface area contributed by atoms with Gasteiger partial charge in [0.25, 0.3) is 5.91 Å². The fraction of sp³-hybridized carbons (Fsp3) is 0.368. The van der Waals surface area contributed by atoms with Crippen molar-refractivity contribution < 1.29 is 4.79 Å². The van der Waals surface area contributed by atoms with Crippen LogP contribution in [0.25, 0.3) is 0 Å². The summed E-state index contributed by atoms with van der Waals surface area (Å²) in [5.74, 6) is 0.830. The molecule has 126 valence electrons. The number of aromatic nitrogens is 1. The molecule has 1 atom stereocenters. The van der Waals surface area contributed by atoms with Crippen LogP contribution >= 0.6 is 11.6 Å². The van der Waals surface area contributed by atoms with Crippen LogP contribution in [0.3, 0.4) is 0 Å². The number of halogens is 1. The van der Waals surface area contributed by atoms with Gasteiger partial charge in [0.05, 0.1) is 11.9 Å². The molecule has 0 spiro atoms. The Bertz CT molecular complexity index is 685. The van der Waals surface area contributed by atoms with E-state index in [0.29, 0.717) is 22.3 Å². The summed E-state index contributed by atoms with van der Waals surface area (Å²) in [6.07, 6.45) is 6.60. The van der Waals surface area contributed by atoms with Gasteiger partial charge in [0.2, 0.25) is 0 Å². The molecule has 1 saturated heterocycles. The van der Waals surface area contributed by atoms with Crippen molar-refractivity contribution >= 4 is 29.0 Å². The third-order valence-electron chi connectivity index (χ3n) is 4.50. The Morgan fingerprint density at radius 3 is 2.71 bits per heavy atom. The van der Waals surface area contributed by atoms with E-state index in [9.17, 15) is 4.79 Å². The lowest BCUT2D eigenvalue weighted by atomic mass is 10.00. The van der Waals surface area contributed by atoms with Gasteiger partial charge in [-0.05, 0) is 62.1 Å². The second-order valence-corrected chi connectivity index (χ2v) is 6.55. The molecule has 1 aromatic carbocycles. The lowest BCUT2D eigenvalue weighted by Gasteiger charge is -2.36. The summed E-state index contributed by atoms with van der Waals surface area (Å²) in [6.45, 7) is 3.28. The molecule has 1 aliphatic heterocycles. The van der Waals surface area contributed by atoms with Crippen LogP contribution in [-0.2, 0) is 0 Å². The monoisotopic (exact) mass is 343 g/mol. The van der Waals surface area contributed by atoms with E-state index in [-0.39, 0.29) is 5.91 Å². The van der Waals surface area contributed by atoms with E-state index in [2.05, 4.69) is 22.1 Å². The largest absolute Gasteiger partial charge is 0.354 e. The number of carbonyl (C=O) groups excluding carboxylic acids is 1. The zero-order valence-electron chi connectivity index (χ0n) is 13.8. The number of nitrogens with zero attached hydrogens (tertiary/aromatic N) is 2. The van der Waals surface area contributed by atoms with E-state index in [1.807, 2.05) is 12.1 Å². The molecule has 1 fully saturated rings. The van der Waals surface area contributed by atoms with E-state index < -0.39 is 0 Å². The van der Waals surface area contributed by atoms with Gasteiger partial charge < -0.3 is 10.2 Å². The van der Waals surface area contributed by atoms with Gasteiger partial charge in [0.15, 0.2) is 0 Å². The van der Waals surface area contributed by atoms with E-state index in [0.717, 1.165) is 18.8 Å². The molecule has 0 radical (unpaired) electrons. The number of hydrogen-bond acceptors (Lipinski definition) is 3. The van der Waals surface area contributed by atoms with Crippen molar-refractivity contribution in [3.63, 3.8) is 0 Å². The van der Waals surface area contributed by atoms with Gasteiger partial charge in [-0.1, -0.05) is 18.5 Å². The minimum atomic E-state index is -0.161. The van der Waals surface area contributed by atoms with Gasteiger partial charge in [0.1, 0.15) is 5.82 Å². The van der Waals surface area contributed by atoms with Crippen molar-refractivity contribution in [2.45, 2.75) is 38.6 Å². The number of carbonyl (C=O) groups is 1. The molecule has 1 unspecified atom stereocenters. The summed E-state index contributed by atoms with van der Waals surface area (Å²) >= 11 is 5.85. The highest BCUT2D eigenvalue weighted by molar-refractivity contribution is 6.30. The first kappa shape index (κ1) is 16.8. The third kappa shape index (κ3) is 3.88. The summed E-state index contributed by atoms with van der Waals surface area (Å²) < 4.78 is 0. The van der Waals surface area contributed by atoms with Crippen LogP contribution < -0.4 is 10.2 Å². The average Bonchev–Trinajstić information content (AvgIpc) is 2.63. The maximum absolute atomic E-state index is 12.2. The van der Waals surface area contributed by atoms with Gasteiger partial charge in [-0.25, -0.2) is 4.98 Å². The topological polar surface area (TPSA) is 45.2 Å². The van der Waals surface area contributed by atoms with Gasteiger partial charge in [0, 0.05) is 23.2 Å². The molecular formula is C19H22ClN3O. The number of hydrogen-bond donors (Lipinski definition) is 1. The molecular weight excluding hydrogens is 322 g/mol. The van der Waals surface area contributed by atoms with Crippen LogP contribution in [0.1, 0.15) is 43.0 Å². The third-order valence-corrected chi connectivity index (χ3v) is 4.76. The lowest BCUT2D eigenvalue weighted by Crippen LogP contribution is -2.39. The Morgan fingerprint density at radius 1 is 1.25 bits per heavy atom. The lowest BCUT2D eigenvalue weighted by molar-refractivity contribution is 0.102. The quantitative estimate of drug-likeness (QED) is 0.870. The zero-order valence-corrected chi connectivity index (χ0v) is 14.6. The van der Waals surface area contributed by atoms with E-state index in [1.165, 1.54) is 19.3 Å². The van der Waals surface area contributed by atoms with E-state index >= 15 is 0 Å². The van der Waals surface area contributed by atoms with Crippen molar-refractivity contribution in [2.24, 2.45) is 0 Å². The molecule has 1 N–H and O–H groups in total. The van der Waals surface area contributed by atoms with Crippen molar-refractivity contribution in [3.05, 3.63) is 53.2 Å². The van der Waals surface area contributed by atoms with Crippen LogP contribution in [0.15, 0.2) is 42.6 Å². The number of pyridine rings is 1. The smallest absolute Gasteiger partial charge is 0.255 e. The minimum Gasteiger partial charge on any atom is -0.354 e. The molecule has 2 aromatic rings. The first-order valence-corrected chi connectivity index (χ1v) is 8.85. The zero-order chi connectivity index (χ0) is 16.9. The van der Waals surface area contributed by atoms with Gasteiger partial charge in [-0.3, -0.25) is 4.79 Å². The number of piperidine rings is 1. The summed E-state index contributed by atoms with van der Waals surface area (Å²) in [5, 5.41) is 3.49. The first-order valence-electron chi connectivity index (χ1n) is 8.47. The van der Waals surface area contributed by atoms with Crippen LogP contribution in [-0.4, -0.2) is 23.5 Å². The van der Waals surface area contributed by atoms with Crippen LogP contribution in [0.2, 0.25) is 5.02 Å². The number of amides is 1. The molecule has 2 heterocycles. The molecule has 1 aliphatic rings. The molecule has 0 aliphatic carbocycles. The maximum Gasteiger partial charge on any atom is 0.255 e. The second-order valence-electron chi connectivity index (χ2n) is 6.12. The summed E-state index contributed by atoms with van der Waals surface area (Å²) in [5.41, 5.74) is 1.27. The standard InChI is InChI=1S/C19H22ClN3O/c1-2-17-5-3-4-12-23(17)18-11-10-16(13-21-18)22-19(24)14-6-8-15(20)9-7-14/h6-11,13,17H,2-5,12H2,1H3,(H,22,24). The number of anilines is 2. The Kier molecular flexibility index (Phi) is 5.36. The second kappa shape index (κ2) is 7.67. The summed E-state index contributed by atoms with van der Waals surface area (Å²) in [4.78, 5) is 19.2. The average molecular weight is 344 g/mol. The van der Waals surface area contributed by atoms with E-state index in [1.54, 1.807) is 30.5 Å². The predicted molar refractivity (Wildman–Crippen MR) is 98.9 cm³/mol. The fourth-order valence-electron chi connectivity index (χ4n) is 3.16. The molecule has 0 saturated carbocycles. The first-order chi connectivity index (χ1) is 11.7. The van der Waals surface area contributed by atoms with E-state index in [4.69, 9.17) is 11.6 Å². The molecule has 5 heteroatoms. The highest BCUT2D eigenvalue weighted by Crippen LogP contribution is 2.25. The Hall–Kier alpha value is -2.07. The Balaban J connectivity index is 1.68. The van der Waals surface area contributed by atoms with Crippen molar-refractivity contribution in [1.29, 1.82) is 0 Å². The van der Waals surface area contributed by atoms with Crippen LogP contribution in [0.4, 0.5) is 11.5 Å². The van der Waals surface area contributed by atoms with Crippen molar-refractivity contribution in [1.82, 2.24) is 4.98 Å². The Labute approximate surface area is 147 Å². The molecule has 0 bridgehead atoms. The fourth-order valence-corrected chi connectivity index (χ4v) is 3.29. The normalized spacial score (nSPS) is 17.6. The molecule has 4 nitrogen and oxygen atoms in total. The number of rotatable bonds is 4. The summed E-state index contributed by atoms with van der Waals surface area (Å²) in [6, 6.07) is 11.3. The SMILES string of the molecule is CCC1CCCCN1c1ccc(NC(=O)c2ccc(Cl)cc2)cn1. The molecule has 3 rings (SSSR count). The van der Waals surface area contributed by atoms with Crippen molar-refractivity contribution in [2.75, 3.05) is 16.8 Å². The van der Waals surface area contributed by atoms with Crippen LogP contribution in [0, 0.1) is 0 Å². The Morgan fingerprint density at radius 2 is 2.04 bits per heavy atom. The molecule has 24 heavy (non-hydrogen) atoms. The molecule has 1 amide bonds. The number of nitrogens with one attached hydrogen (secondary N) is 1. The van der Waals surface area contributed by atoms with Gasteiger partial charge in [-0.2, -0.15) is 0 Å². The maximum atomic E-state index is 12.2. The number of benzene rings is 1. The highest BCUT2D eigenvalue weighted by Gasteiger charge is 2.21. The van der Waals surface area contributed by atoms with Gasteiger partial charge in [-0.15, -0.1) is 0 Å².